The highest BCUT2D eigenvalue weighted by atomic mass is 16.5. The zero-order chi connectivity index (χ0) is 28.5. The van der Waals surface area contributed by atoms with Gasteiger partial charge in [0.1, 0.15) is 11.3 Å². The molecule has 0 aliphatic carbocycles. The summed E-state index contributed by atoms with van der Waals surface area (Å²) >= 11 is 0. The van der Waals surface area contributed by atoms with Gasteiger partial charge in [0, 0.05) is 23.2 Å². The molecule has 0 saturated carbocycles. The maximum absolute atomic E-state index is 13.0. The van der Waals surface area contributed by atoms with Crippen LogP contribution in [0.2, 0.25) is 0 Å². The number of ether oxygens (including phenoxy) is 3. The topological polar surface area (TPSA) is 124 Å². The van der Waals surface area contributed by atoms with Crippen molar-refractivity contribution in [2.45, 2.75) is 33.6 Å². The van der Waals surface area contributed by atoms with Crippen molar-refractivity contribution in [3.05, 3.63) is 93.8 Å². The molecule has 1 aliphatic rings. The zero-order valence-electron chi connectivity index (χ0n) is 22.6. The summed E-state index contributed by atoms with van der Waals surface area (Å²) < 4.78 is 15.5. The number of nitrogens with zero attached hydrogens (tertiary/aromatic N) is 1. The Kier molecular flexibility index (Phi) is 9.80. The second-order valence-electron chi connectivity index (χ2n) is 8.55. The van der Waals surface area contributed by atoms with Crippen LogP contribution in [0.3, 0.4) is 0 Å². The molecule has 204 valence electrons. The van der Waals surface area contributed by atoms with Crippen LogP contribution < -0.4 is 5.32 Å². The number of methoxy groups -OCH3 is 1. The molecule has 0 radical (unpaired) electrons. The Bertz CT molecular complexity index is 1370. The lowest BCUT2D eigenvalue weighted by Crippen LogP contribution is -2.32. The number of aliphatic hydroxyl groups is 1. The molecular weight excluding hydrogens is 500 g/mol. The van der Waals surface area contributed by atoms with Crippen molar-refractivity contribution in [2.24, 2.45) is 4.99 Å². The van der Waals surface area contributed by atoms with Crippen LogP contribution in [0.4, 0.5) is 5.69 Å². The van der Waals surface area contributed by atoms with Gasteiger partial charge in [0.15, 0.2) is 0 Å². The first-order chi connectivity index (χ1) is 18.7. The molecule has 9 nitrogen and oxygen atoms in total. The number of allylic oxidation sites excluding steroid dienone is 2. The lowest BCUT2D eigenvalue weighted by Gasteiger charge is -2.30. The first-order valence-electron chi connectivity index (χ1n) is 12.5. The Hall–Kier alpha value is -4.66. The van der Waals surface area contributed by atoms with Gasteiger partial charge in [-0.25, -0.2) is 14.4 Å². The van der Waals surface area contributed by atoms with Gasteiger partial charge in [-0.2, -0.15) is 0 Å². The Morgan fingerprint density at radius 1 is 0.923 bits per heavy atom. The minimum Gasteiger partial charge on any atom is -0.506 e. The molecule has 0 bridgehead atoms. The van der Waals surface area contributed by atoms with Gasteiger partial charge in [-0.15, -0.1) is 0 Å². The predicted octanol–water partition coefficient (Wildman–Crippen LogP) is 4.89. The summed E-state index contributed by atoms with van der Waals surface area (Å²) in [5.41, 5.74) is 2.95. The van der Waals surface area contributed by atoms with Crippen LogP contribution in [0.5, 0.6) is 0 Å². The van der Waals surface area contributed by atoms with Gasteiger partial charge in [-0.05, 0) is 45.4 Å². The molecule has 0 spiro atoms. The normalized spacial score (nSPS) is 16.0. The zero-order valence-corrected chi connectivity index (χ0v) is 22.6. The van der Waals surface area contributed by atoms with Crippen LogP contribution in [0.25, 0.3) is 5.76 Å². The van der Waals surface area contributed by atoms with E-state index in [9.17, 15) is 19.5 Å². The van der Waals surface area contributed by atoms with Gasteiger partial charge in [0.05, 0.1) is 43.1 Å². The summed E-state index contributed by atoms with van der Waals surface area (Å²) in [4.78, 5) is 42.9. The van der Waals surface area contributed by atoms with Crippen molar-refractivity contribution in [2.75, 3.05) is 20.3 Å². The van der Waals surface area contributed by atoms with E-state index in [0.29, 0.717) is 28.2 Å². The van der Waals surface area contributed by atoms with Crippen molar-refractivity contribution in [3.63, 3.8) is 0 Å². The largest absolute Gasteiger partial charge is 0.506 e. The van der Waals surface area contributed by atoms with E-state index in [1.165, 1.54) is 13.3 Å². The third kappa shape index (κ3) is 6.62. The maximum atomic E-state index is 13.0. The highest BCUT2D eigenvalue weighted by molar-refractivity contribution is 6.15. The molecule has 1 heterocycles. The number of carbonyl (C=O) groups excluding carboxylic acids is 3. The second kappa shape index (κ2) is 13.2. The van der Waals surface area contributed by atoms with E-state index in [2.05, 4.69) is 10.3 Å². The van der Waals surface area contributed by atoms with E-state index < -0.39 is 23.8 Å². The fraction of sp³-hybridized carbons (Fsp3) is 0.267. The number of nitrogens with one attached hydrogen (secondary N) is 1. The Morgan fingerprint density at radius 2 is 1.56 bits per heavy atom. The minimum atomic E-state index is -0.786. The first kappa shape index (κ1) is 28.9. The second-order valence-corrected chi connectivity index (χ2v) is 8.55. The summed E-state index contributed by atoms with van der Waals surface area (Å²) in [5.74, 6) is -2.94. The summed E-state index contributed by atoms with van der Waals surface area (Å²) in [5, 5.41) is 13.9. The highest BCUT2D eigenvalue weighted by Crippen LogP contribution is 2.40. The van der Waals surface area contributed by atoms with Gasteiger partial charge in [-0.1, -0.05) is 42.5 Å². The van der Waals surface area contributed by atoms with E-state index in [1.54, 1.807) is 82.3 Å². The van der Waals surface area contributed by atoms with Crippen LogP contribution in [0.1, 0.15) is 44.7 Å². The fourth-order valence-corrected chi connectivity index (χ4v) is 4.28. The molecule has 9 heteroatoms. The van der Waals surface area contributed by atoms with Gasteiger partial charge in [0.25, 0.3) is 0 Å². The van der Waals surface area contributed by atoms with Crippen molar-refractivity contribution < 1.29 is 33.7 Å². The molecule has 0 amide bonds. The predicted molar refractivity (Wildman–Crippen MR) is 147 cm³/mol. The number of esters is 3. The third-order valence-corrected chi connectivity index (χ3v) is 6.00. The van der Waals surface area contributed by atoms with E-state index in [0.717, 1.165) is 0 Å². The smallest absolute Gasteiger partial charge is 0.343 e. The number of aliphatic imine (C=N–C) groups is 1. The highest BCUT2D eigenvalue weighted by Gasteiger charge is 2.37. The van der Waals surface area contributed by atoms with Crippen LogP contribution in [0.15, 0.2) is 87.7 Å². The van der Waals surface area contributed by atoms with Gasteiger partial charge >= 0.3 is 17.9 Å². The van der Waals surface area contributed by atoms with Crippen molar-refractivity contribution in [1.82, 2.24) is 5.32 Å². The molecule has 2 aromatic carbocycles. The van der Waals surface area contributed by atoms with E-state index in [1.807, 2.05) is 0 Å². The lowest BCUT2D eigenvalue weighted by atomic mass is 9.80. The Labute approximate surface area is 227 Å². The number of carbonyl (C=O) groups is 3. The van der Waals surface area contributed by atoms with Crippen molar-refractivity contribution in [3.8, 4) is 0 Å². The number of hydrogen-bond acceptors (Lipinski definition) is 9. The first-order valence-corrected chi connectivity index (χ1v) is 12.5. The SMILES string of the molecule is CCOC(=O)C1=C(C)NC(C)=C(C(=O)OC)C1c1cccc(N=C/C(C(=O)OCC)=C(\O)c2ccccc2)c1. The van der Waals surface area contributed by atoms with Gasteiger partial charge in [0.2, 0.25) is 0 Å². The summed E-state index contributed by atoms with van der Waals surface area (Å²) in [6, 6.07) is 15.5. The number of dihydropyridines is 1. The number of rotatable bonds is 9. The monoisotopic (exact) mass is 532 g/mol. The number of aliphatic hydroxyl groups excluding tert-OH is 1. The third-order valence-electron chi connectivity index (χ3n) is 6.00. The van der Waals surface area contributed by atoms with Crippen LogP contribution in [-0.2, 0) is 28.6 Å². The molecule has 1 aliphatic heterocycles. The molecule has 0 aromatic heterocycles. The molecule has 0 saturated heterocycles. The van der Waals surface area contributed by atoms with Crippen LogP contribution in [0, 0.1) is 0 Å². The minimum absolute atomic E-state index is 0.119. The molecular formula is C30H32N2O7. The van der Waals surface area contributed by atoms with Crippen LogP contribution in [-0.4, -0.2) is 49.6 Å². The summed E-state index contributed by atoms with van der Waals surface area (Å²) in [6.45, 7) is 7.12. The van der Waals surface area contributed by atoms with E-state index >= 15 is 0 Å². The number of hydrogen-bond donors (Lipinski definition) is 2. The van der Waals surface area contributed by atoms with Gasteiger partial charge in [-0.3, -0.25) is 4.99 Å². The van der Waals surface area contributed by atoms with E-state index in [-0.39, 0.29) is 35.7 Å². The average molecular weight is 533 g/mol. The molecule has 2 N–H and O–H groups in total. The molecule has 1 atom stereocenters. The fourth-order valence-electron chi connectivity index (χ4n) is 4.28. The van der Waals surface area contributed by atoms with Crippen LogP contribution >= 0.6 is 0 Å². The average Bonchev–Trinajstić information content (AvgIpc) is 2.93. The van der Waals surface area contributed by atoms with Gasteiger partial charge < -0.3 is 24.6 Å². The quantitative estimate of drug-likeness (QED) is 0.154. The summed E-state index contributed by atoms with van der Waals surface area (Å²) in [6.07, 6.45) is 1.23. The molecule has 39 heavy (non-hydrogen) atoms. The Morgan fingerprint density at radius 3 is 2.18 bits per heavy atom. The standard InChI is InChI=1S/C30H32N2O7/c1-6-38-28(34)23(27(33)20-12-9-8-10-13-20)17-31-22-15-11-14-21(16-22)26-24(29(35)37-5)18(3)32-19(4)25(26)30(36)39-7-2/h8-17,26,32-33H,6-7H2,1-5H3/b27-23+,31-17?. The molecule has 3 rings (SSSR count). The molecule has 0 fully saturated rings. The number of benzene rings is 2. The Balaban J connectivity index is 2.11. The molecule has 1 unspecified atom stereocenters. The van der Waals surface area contributed by atoms with Crippen molar-refractivity contribution >= 4 is 35.6 Å². The van der Waals surface area contributed by atoms with Crippen molar-refractivity contribution in [1.29, 1.82) is 0 Å². The lowest BCUT2D eigenvalue weighted by molar-refractivity contribution is -0.139. The molecule has 2 aromatic rings. The van der Waals surface area contributed by atoms with E-state index in [4.69, 9.17) is 14.2 Å². The maximum Gasteiger partial charge on any atom is 0.343 e. The summed E-state index contributed by atoms with van der Waals surface area (Å²) in [7, 11) is 1.28.